The zero-order chi connectivity index (χ0) is 23.8. The van der Waals surface area contributed by atoms with Crippen molar-refractivity contribution in [1.82, 2.24) is 0 Å². The first-order valence-electron chi connectivity index (χ1n) is 10.1. The first-order valence-corrected chi connectivity index (χ1v) is 11.6. The summed E-state index contributed by atoms with van der Waals surface area (Å²) in [5.41, 5.74) is 1.10. The topological polar surface area (TPSA) is 102 Å². The Bertz CT molecular complexity index is 1190. The molecule has 0 atom stereocenters. The molecule has 0 saturated heterocycles. The van der Waals surface area contributed by atoms with Crippen LogP contribution in [0.15, 0.2) is 83.8 Å². The number of benzene rings is 3. The molecule has 0 aromatic heterocycles. The quantitative estimate of drug-likeness (QED) is 0.481. The Hall–Kier alpha value is -3.85. The second-order valence-corrected chi connectivity index (χ2v) is 8.73. The van der Waals surface area contributed by atoms with E-state index in [1.807, 2.05) is 6.92 Å². The summed E-state index contributed by atoms with van der Waals surface area (Å²) in [4.78, 5) is 24.4. The summed E-state index contributed by atoms with van der Waals surface area (Å²) in [5, 5.41) is 2.66. The van der Waals surface area contributed by atoms with Gasteiger partial charge in [0.2, 0.25) is 5.91 Å². The molecule has 8 nitrogen and oxygen atoms in total. The van der Waals surface area contributed by atoms with Gasteiger partial charge < -0.3 is 14.8 Å². The van der Waals surface area contributed by atoms with E-state index in [4.69, 9.17) is 4.74 Å². The van der Waals surface area contributed by atoms with Gasteiger partial charge in [-0.1, -0.05) is 18.2 Å². The largest absolute Gasteiger partial charge is 0.494 e. The van der Waals surface area contributed by atoms with E-state index in [0.29, 0.717) is 29.3 Å². The first kappa shape index (κ1) is 23.8. The second-order valence-electron chi connectivity index (χ2n) is 6.87. The number of hydrogen-bond donors (Lipinski definition) is 1. The third kappa shape index (κ3) is 5.89. The van der Waals surface area contributed by atoms with Crippen LogP contribution in [0.1, 0.15) is 17.3 Å². The van der Waals surface area contributed by atoms with Gasteiger partial charge in [0, 0.05) is 5.69 Å². The van der Waals surface area contributed by atoms with Gasteiger partial charge >= 0.3 is 5.97 Å². The van der Waals surface area contributed by atoms with Crippen molar-refractivity contribution in [3.05, 3.63) is 84.4 Å². The summed E-state index contributed by atoms with van der Waals surface area (Å²) in [6.45, 7) is 1.85. The number of carbonyl (C=O) groups excluding carboxylic acids is 2. The number of rotatable bonds is 9. The van der Waals surface area contributed by atoms with Crippen molar-refractivity contribution in [2.75, 3.05) is 29.9 Å². The second kappa shape index (κ2) is 10.6. The van der Waals surface area contributed by atoms with Gasteiger partial charge in [0.25, 0.3) is 10.0 Å². The maximum atomic E-state index is 13.4. The third-order valence-corrected chi connectivity index (χ3v) is 6.43. The lowest BCUT2D eigenvalue weighted by Gasteiger charge is -2.24. The number of ether oxygens (including phenoxy) is 2. The summed E-state index contributed by atoms with van der Waals surface area (Å²) in [6.07, 6.45) is 0. The highest BCUT2D eigenvalue weighted by Crippen LogP contribution is 2.25. The average Bonchev–Trinajstić information content (AvgIpc) is 2.83. The number of hydrogen-bond acceptors (Lipinski definition) is 6. The fourth-order valence-electron chi connectivity index (χ4n) is 3.05. The molecule has 172 valence electrons. The van der Waals surface area contributed by atoms with E-state index in [9.17, 15) is 18.0 Å². The van der Waals surface area contributed by atoms with Crippen LogP contribution in [0.2, 0.25) is 0 Å². The summed E-state index contributed by atoms with van der Waals surface area (Å²) >= 11 is 0. The van der Waals surface area contributed by atoms with E-state index in [2.05, 4.69) is 10.1 Å². The molecule has 0 aliphatic rings. The molecule has 0 aliphatic carbocycles. The number of methoxy groups -OCH3 is 1. The molecule has 33 heavy (non-hydrogen) atoms. The van der Waals surface area contributed by atoms with Crippen molar-refractivity contribution >= 4 is 33.3 Å². The molecule has 0 spiro atoms. The predicted octanol–water partition coefficient (Wildman–Crippen LogP) is 3.71. The zero-order valence-electron chi connectivity index (χ0n) is 18.2. The smallest absolute Gasteiger partial charge is 0.337 e. The molecule has 0 unspecified atom stereocenters. The number of amides is 1. The standard InChI is InChI=1S/C24H24N2O6S/c1-3-32-21-13-15-22(16-14-21)33(29,30)26(20-7-5-4-6-8-20)17-23(27)25-19-11-9-18(10-12-19)24(28)31-2/h4-16H,3,17H2,1-2H3,(H,25,27). The van der Waals surface area contributed by atoms with E-state index < -0.39 is 28.4 Å². The van der Waals surface area contributed by atoms with Crippen LogP contribution in [-0.2, 0) is 19.6 Å². The van der Waals surface area contributed by atoms with Crippen LogP contribution < -0.4 is 14.4 Å². The summed E-state index contributed by atoms with van der Waals surface area (Å²) in [7, 11) is -2.76. The zero-order valence-corrected chi connectivity index (χ0v) is 19.0. The van der Waals surface area contributed by atoms with E-state index in [0.717, 1.165) is 4.31 Å². The molecule has 1 N–H and O–H groups in total. The number of esters is 1. The molecular formula is C24H24N2O6S. The maximum absolute atomic E-state index is 13.4. The van der Waals surface area contributed by atoms with Gasteiger partial charge in [-0.05, 0) is 67.6 Å². The molecular weight excluding hydrogens is 444 g/mol. The maximum Gasteiger partial charge on any atom is 0.337 e. The van der Waals surface area contributed by atoms with Gasteiger partial charge in [-0.25, -0.2) is 13.2 Å². The first-order chi connectivity index (χ1) is 15.8. The lowest BCUT2D eigenvalue weighted by atomic mass is 10.2. The highest BCUT2D eigenvalue weighted by molar-refractivity contribution is 7.92. The van der Waals surface area contributed by atoms with E-state index in [-0.39, 0.29) is 4.90 Å². The average molecular weight is 469 g/mol. The third-order valence-electron chi connectivity index (χ3n) is 4.64. The Morgan fingerprint density at radius 1 is 0.909 bits per heavy atom. The van der Waals surface area contributed by atoms with E-state index in [1.165, 1.54) is 43.5 Å². The molecule has 3 rings (SSSR count). The number of anilines is 2. The molecule has 1 amide bonds. The molecule has 3 aromatic rings. The van der Waals surface area contributed by atoms with E-state index >= 15 is 0 Å². The molecule has 9 heteroatoms. The molecule has 0 fully saturated rings. The van der Waals surface area contributed by atoms with Crippen LogP contribution in [-0.4, -0.2) is 40.6 Å². The number of sulfonamides is 1. The number of carbonyl (C=O) groups is 2. The molecule has 0 heterocycles. The molecule has 0 bridgehead atoms. The van der Waals surface area contributed by atoms with Gasteiger partial charge in [0.1, 0.15) is 12.3 Å². The Morgan fingerprint density at radius 2 is 1.55 bits per heavy atom. The Kier molecular flexibility index (Phi) is 7.68. The van der Waals surface area contributed by atoms with Crippen LogP contribution in [0, 0.1) is 0 Å². The van der Waals surface area contributed by atoms with Crippen LogP contribution in [0.5, 0.6) is 5.75 Å². The molecule has 0 radical (unpaired) electrons. The highest BCUT2D eigenvalue weighted by atomic mass is 32.2. The fourth-order valence-corrected chi connectivity index (χ4v) is 4.47. The Labute approximate surface area is 192 Å². The predicted molar refractivity (Wildman–Crippen MR) is 125 cm³/mol. The number of para-hydroxylation sites is 1. The lowest BCUT2D eigenvalue weighted by Crippen LogP contribution is -2.38. The van der Waals surface area contributed by atoms with Gasteiger partial charge in [0.05, 0.1) is 29.9 Å². The molecule has 0 aliphatic heterocycles. The van der Waals surface area contributed by atoms with Gasteiger partial charge in [0.15, 0.2) is 0 Å². The molecule has 0 saturated carbocycles. The van der Waals surface area contributed by atoms with Crippen LogP contribution in [0.25, 0.3) is 0 Å². The SMILES string of the molecule is CCOc1ccc(S(=O)(=O)N(CC(=O)Nc2ccc(C(=O)OC)cc2)c2ccccc2)cc1. The van der Waals surface area contributed by atoms with Crippen molar-refractivity contribution in [2.24, 2.45) is 0 Å². The van der Waals surface area contributed by atoms with Crippen molar-refractivity contribution in [3.8, 4) is 5.75 Å². The van der Waals surface area contributed by atoms with Crippen LogP contribution >= 0.6 is 0 Å². The summed E-state index contributed by atoms with van der Waals surface area (Å²) < 4.78 is 37.9. The van der Waals surface area contributed by atoms with Gasteiger partial charge in [-0.15, -0.1) is 0 Å². The summed E-state index contributed by atoms with van der Waals surface area (Å²) in [5.74, 6) is -0.486. The monoisotopic (exact) mass is 468 g/mol. The van der Waals surface area contributed by atoms with E-state index in [1.54, 1.807) is 42.5 Å². The highest BCUT2D eigenvalue weighted by Gasteiger charge is 2.27. The minimum Gasteiger partial charge on any atom is -0.494 e. The van der Waals surface area contributed by atoms with Crippen molar-refractivity contribution in [2.45, 2.75) is 11.8 Å². The van der Waals surface area contributed by atoms with Crippen LogP contribution in [0.4, 0.5) is 11.4 Å². The lowest BCUT2D eigenvalue weighted by molar-refractivity contribution is -0.114. The summed E-state index contributed by atoms with van der Waals surface area (Å²) in [6, 6.07) is 20.5. The minimum absolute atomic E-state index is 0.0324. The Morgan fingerprint density at radius 3 is 2.12 bits per heavy atom. The molecule has 3 aromatic carbocycles. The van der Waals surface area contributed by atoms with Gasteiger partial charge in [-0.2, -0.15) is 0 Å². The van der Waals surface area contributed by atoms with Crippen molar-refractivity contribution < 1.29 is 27.5 Å². The minimum atomic E-state index is -4.04. The number of nitrogens with zero attached hydrogens (tertiary/aromatic N) is 1. The van der Waals surface area contributed by atoms with Crippen molar-refractivity contribution in [3.63, 3.8) is 0 Å². The fraction of sp³-hybridized carbons (Fsp3) is 0.167. The van der Waals surface area contributed by atoms with Gasteiger partial charge in [-0.3, -0.25) is 9.10 Å². The van der Waals surface area contributed by atoms with Crippen LogP contribution in [0.3, 0.4) is 0 Å². The number of nitrogens with one attached hydrogen (secondary N) is 1. The Balaban J connectivity index is 1.84. The normalized spacial score (nSPS) is 10.8. The van der Waals surface area contributed by atoms with Crippen molar-refractivity contribution in [1.29, 1.82) is 0 Å².